The second-order valence-electron chi connectivity index (χ2n) is 6.65. The zero-order chi connectivity index (χ0) is 18.6. The Morgan fingerprint density at radius 3 is 2.46 bits per heavy atom. The molecule has 1 aliphatic heterocycles. The first kappa shape index (κ1) is 18.7. The van der Waals surface area contributed by atoms with Crippen LogP contribution >= 0.6 is 0 Å². The Balaban J connectivity index is 1.54. The van der Waals surface area contributed by atoms with Gasteiger partial charge in [-0.3, -0.25) is 0 Å². The van der Waals surface area contributed by atoms with Crippen LogP contribution in [0.2, 0.25) is 0 Å². The Hall–Kier alpha value is -2.05. The number of hydrogen-bond donors (Lipinski definition) is 2. The van der Waals surface area contributed by atoms with Crippen molar-refractivity contribution < 1.29 is 17.9 Å². The van der Waals surface area contributed by atoms with Crippen LogP contribution in [0.3, 0.4) is 0 Å². The van der Waals surface area contributed by atoms with Crippen molar-refractivity contribution >= 4 is 0 Å². The summed E-state index contributed by atoms with van der Waals surface area (Å²) in [6.07, 6.45) is -3.16. The van der Waals surface area contributed by atoms with E-state index in [2.05, 4.69) is 16.7 Å². The highest BCUT2D eigenvalue weighted by Gasteiger charge is 2.29. The zero-order valence-electron chi connectivity index (χ0n) is 14.7. The minimum atomic E-state index is -4.31. The first-order chi connectivity index (χ1) is 12.4. The van der Waals surface area contributed by atoms with Crippen molar-refractivity contribution in [3.63, 3.8) is 0 Å². The minimum Gasteiger partial charge on any atom is -0.489 e. The highest BCUT2D eigenvalue weighted by atomic mass is 19.4. The van der Waals surface area contributed by atoms with Crippen molar-refractivity contribution in [1.82, 2.24) is 10.6 Å². The summed E-state index contributed by atoms with van der Waals surface area (Å²) in [5.41, 5.74) is 2.26. The van der Waals surface area contributed by atoms with E-state index in [4.69, 9.17) is 4.74 Å². The van der Waals surface area contributed by atoms with Gasteiger partial charge in [-0.05, 0) is 54.8 Å². The lowest BCUT2D eigenvalue weighted by atomic mass is 10.1. The van der Waals surface area contributed by atoms with Crippen LogP contribution in [0.5, 0.6) is 5.75 Å². The maximum atomic E-state index is 12.6. The molecule has 140 valence electrons. The number of hydrogen-bond acceptors (Lipinski definition) is 3. The molecule has 1 saturated heterocycles. The molecular weight excluding hydrogens is 341 g/mol. The van der Waals surface area contributed by atoms with E-state index in [0.717, 1.165) is 49.5 Å². The van der Waals surface area contributed by atoms with Crippen LogP contribution in [0, 0.1) is 6.92 Å². The van der Waals surface area contributed by atoms with Gasteiger partial charge in [-0.15, -0.1) is 0 Å². The van der Waals surface area contributed by atoms with Gasteiger partial charge in [0.05, 0.1) is 5.56 Å². The van der Waals surface area contributed by atoms with Crippen LogP contribution < -0.4 is 15.4 Å². The van der Waals surface area contributed by atoms with Crippen LogP contribution in [-0.2, 0) is 19.3 Å². The molecule has 0 bridgehead atoms. The maximum absolute atomic E-state index is 12.6. The fourth-order valence-electron chi connectivity index (χ4n) is 3.03. The topological polar surface area (TPSA) is 33.3 Å². The van der Waals surface area contributed by atoms with Gasteiger partial charge >= 0.3 is 6.18 Å². The summed E-state index contributed by atoms with van der Waals surface area (Å²) in [5.74, 6) is 0.746. The number of ether oxygens (including phenoxy) is 1. The van der Waals surface area contributed by atoms with Crippen molar-refractivity contribution in [3.05, 3.63) is 64.7 Å². The van der Waals surface area contributed by atoms with Gasteiger partial charge in [0.15, 0.2) is 0 Å². The summed E-state index contributed by atoms with van der Waals surface area (Å²) in [4.78, 5) is 0. The summed E-state index contributed by atoms with van der Waals surface area (Å²) < 4.78 is 43.5. The lowest BCUT2D eigenvalue weighted by molar-refractivity contribution is -0.137. The Kier molecular flexibility index (Phi) is 5.84. The number of aryl methyl sites for hydroxylation is 1. The largest absolute Gasteiger partial charge is 0.489 e. The molecule has 0 aliphatic carbocycles. The summed E-state index contributed by atoms with van der Waals surface area (Å²) in [7, 11) is 0. The third kappa shape index (κ3) is 4.99. The fourth-order valence-corrected chi connectivity index (χ4v) is 3.03. The van der Waals surface area contributed by atoms with Crippen LogP contribution in [0.4, 0.5) is 13.2 Å². The minimum absolute atomic E-state index is 0.240. The molecule has 1 heterocycles. The molecule has 2 N–H and O–H groups in total. The Morgan fingerprint density at radius 1 is 1.12 bits per heavy atom. The van der Waals surface area contributed by atoms with Gasteiger partial charge < -0.3 is 15.4 Å². The molecule has 0 saturated carbocycles. The monoisotopic (exact) mass is 364 g/mol. The number of alkyl halides is 3. The fraction of sp³-hybridized carbons (Fsp3) is 0.400. The van der Waals surface area contributed by atoms with Crippen LogP contribution in [-0.4, -0.2) is 19.1 Å². The van der Waals surface area contributed by atoms with Crippen molar-refractivity contribution in [2.45, 2.75) is 38.7 Å². The third-order valence-electron chi connectivity index (χ3n) is 4.57. The van der Waals surface area contributed by atoms with E-state index in [0.29, 0.717) is 11.6 Å². The molecule has 0 spiro atoms. The quantitative estimate of drug-likeness (QED) is 0.812. The molecule has 1 aliphatic rings. The van der Waals surface area contributed by atoms with Gasteiger partial charge in [0.25, 0.3) is 0 Å². The SMILES string of the molecule is Cc1cc(CNC2CCNC2)ccc1OCc1ccc(C(F)(F)F)cc1. The maximum Gasteiger partial charge on any atom is 0.416 e. The molecule has 0 amide bonds. The van der Waals surface area contributed by atoms with E-state index in [1.54, 1.807) is 0 Å². The average molecular weight is 364 g/mol. The van der Waals surface area contributed by atoms with E-state index >= 15 is 0 Å². The van der Waals surface area contributed by atoms with E-state index < -0.39 is 11.7 Å². The number of halogens is 3. The number of benzene rings is 2. The zero-order valence-corrected chi connectivity index (χ0v) is 14.7. The first-order valence-electron chi connectivity index (χ1n) is 8.74. The highest BCUT2D eigenvalue weighted by Crippen LogP contribution is 2.29. The molecule has 0 aromatic heterocycles. The second-order valence-corrected chi connectivity index (χ2v) is 6.65. The van der Waals surface area contributed by atoms with Crippen LogP contribution in [0.25, 0.3) is 0 Å². The number of rotatable bonds is 6. The Labute approximate surface area is 151 Å². The average Bonchev–Trinajstić information content (AvgIpc) is 3.12. The summed E-state index contributed by atoms with van der Waals surface area (Å²) in [5, 5.41) is 6.85. The molecule has 1 atom stereocenters. The van der Waals surface area contributed by atoms with E-state index in [1.807, 2.05) is 19.1 Å². The number of nitrogens with one attached hydrogen (secondary N) is 2. The first-order valence-corrected chi connectivity index (χ1v) is 8.74. The van der Waals surface area contributed by atoms with Gasteiger partial charge in [0.2, 0.25) is 0 Å². The third-order valence-corrected chi connectivity index (χ3v) is 4.57. The molecule has 0 radical (unpaired) electrons. The molecule has 3 nitrogen and oxygen atoms in total. The van der Waals surface area contributed by atoms with Gasteiger partial charge in [-0.25, -0.2) is 0 Å². The Bertz CT molecular complexity index is 723. The summed E-state index contributed by atoms with van der Waals surface area (Å²) >= 11 is 0. The van der Waals surface area contributed by atoms with Crippen molar-refractivity contribution in [2.24, 2.45) is 0 Å². The van der Waals surface area contributed by atoms with Crippen molar-refractivity contribution in [3.8, 4) is 5.75 Å². The molecule has 2 aromatic carbocycles. The Morgan fingerprint density at radius 2 is 1.85 bits per heavy atom. The predicted molar refractivity (Wildman–Crippen MR) is 95.1 cm³/mol. The smallest absolute Gasteiger partial charge is 0.416 e. The molecule has 1 fully saturated rings. The summed E-state index contributed by atoms with van der Waals surface area (Å²) in [6.45, 7) is 5.10. The van der Waals surface area contributed by atoms with Crippen molar-refractivity contribution in [1.29, 1.82) is 0 Å². The van der Waals surface area contributed by atoms with Gasteiger partial charge in [-0.1, -0.05) is 24.3 Å². The molecule has 26 heavy (non-hydrogen) atoms. The molecule has 6 heteroatoms. The molecule has 1 unspecified atom stereocenters. The van der Waals surface area contributed by atoms with Gasteiger partial charge in [0.1, 0.15) is 12.4 Å². The predicted octanol–water partition coefficient (Wildman–Crippen LogP) is 4.04. The van der Waals surface area contributed by atoms with Gasteiger partial charge in [0, 0.05) is 19.1 Å². The second kappa shape index (κ2) is 8.10. The van der Waals surface area contributed by atoms with Crippen LogP contribution in [0.1, 0.15) is 28.7 Å². The normalized spacial score (nSPS) is 17.5. The summed E-state index contributed by atoms with van der Waals surface area (Å²) in [6, 6.07) is 11.6. The van der Waals surface area contributed by atoms with E-state index in [9.17, 15) is 13.2 Å². The van der Waals surface area contributed by atoms with E-state index in [-0.39, 0.29) is 6.61 Å². The standard InChI is InChI=1S/C20H23F3N2O/c1-14-10-16(11-25-18-8-9-24-12-18)4-7-19(14)26-13-15-2-5-17(6-3-15)20(21,22)23/h2-7,10,18,24-25H,8-9,11-13H2,1H3. The van der Waals surface area contributed by atoms with Gasteiger partial charge in [-0.2, -0.15) is 13.2 Å². The van der Waals surface area contributed by atoms with Crippen LogP contribution in [0.15, 0.2) is 42.5 Å². The molecule has 3 rings (SSSR count). The lowest BCUT2D eigenvalue weighted by Crippen LogP contribution is -2.30. The highest BCUT2D eigenvalue weighted by molar-refractivity contribution is 5.36. The van der Waals surface area contributed by atoms with E-state index in [1.165, 1.54) is 17.7 Å². The lowest BCUT2D eigenvalue weighted by Gasteiger charge is -2.14. The molecular formula is C20H23F3N2O. The molecule has 2 aromatic rings. The van der Waals surface area contributed by atoms with Crippen molar-refractivity contribution in [2.75, 3.05) is 13.1 Å².